The zero-order chi connectivity index (χ0) is 30.9. The summed E-state index contributed by atoms with van der Waals surface area (Å²) in [7, 11) is 1.45. The van der Waals surface area contributed by atoms with Crippen LogP contribution in [0.3, 0.4) is 0 Å². The molecular formula is C28H32F3N9O3. The molecule has 2 aliphatic heterocycles. The molecule has 3 aromatic rings. The lowest BCUT2D eigenvalue weighted by Gasteiger charge is -2.37. The highest BCUT2D eigenvalue weighted by Gasteiger charge is 2.38. The number of aromatic nitrogens is 4. The fraction of sp³-hybridized carbons (Fsp3) is 0.393. The van der Waals surface area contributed by atoms with Gasteiger partial charge in [-0.05, 0) is 30.7 Å². The van der Waals surface area contributed by atoms with Crippen molar-refractivity contribution in [1.82, 2.24) is 39.8 Å². The van der Waals surface area contributed by atoms with Gasteiger partial charge in [0.2, 0.25) is 0 Å². The predicted molar refractivity (Wildman–Crippen MR) is 151 cm³/mol. The molecule has 0 unspecified atom stereocenters. The zero-order valence-corrected chi connectivity index (χ0v) is 23.7. The maximum absolute atomic E-state index is 13.7. The summed E-state index contributed by atoms with van der Waals surface area (Å²) in [5.41, 5.74) is 0.264. The predicted octanol–water partition coefficient (Wildman–Crippen LogP) is 2.49. The highest BCUT2D eigenvalue weighted by Crippen LogP contribution is 2.36. The Morgan fingerprint density at radius 2 is 1.84 bits per heavy atom. The topological polar surface area (TPSA) is 129 Å². The number of nitrogens with one attached hydrogen (secondary N) is 3. The van der Waals surface area contributed by atoms with Gasteiger partial charge in [-0.25, -0.2) is 9.78 Å². The largest absolute Gasteiger partial charge is 0.435 e. The number of alkyl halides is 3. The molecule has 0 aliphatic carbocycles. The number of imidazole rings is 1. The number of halogens is 3. The summed E-state index contributed by atoms with van der Waals surface area (Å²) in [6.45, 7) is 8.53. The molecule has 12 nitrogen and oxygen atoms in total. The lowest BCUT2D eigenvalue weighted by molar-refractivity contribution is -0.141. The van der Waals surface area contributed by atoms with Gasteiger partial charge in [-0.3, -0.25) is 14.3 Å². The number of carbonyl (C=O) groups excluding carboxylic acids is 3. The monoisotopic (exact) mass is 599 g/mol. The minimum Gasteiger partial charge on any atom is -0.335 e. The van der Waals surface area contributed by atoms with Gasteiger partial charge in [0.05, 0.1) is 30.0 Å². The van der Waals surface area contributed by atoms with Crippen molar-refractivity contribution in [3.63, 3.8) is 0 Å². The third kappa shape index (κ3) is 6.26. The Bertz CT molecular complexity index is 1550. The van der Waals surface area contributed by atoms with E-state index in [1.165, 1.54) is 30.1 Å². The quantitative estimate of drug-likeness (QED) is 0.358. The van der Waals surface area contributed by atoms with Gasteiger partial charge >= 0.3 is 12.2 Å². The Hall–Kier alpha value is -4.66. The van der Waals surface area contributed by atoms with E-state index in [-0.39, 0.29) is 41.6 Å². The van der Waals surface area contributed by atoms with Crippen molar-refractivity contribution in [2.24, 2.45) is 7.05 Å². The lowest BCUT2D eigenvalue weighted by Crippen LogP contribution is -2.61. The van der Waals surface area contributed by atoms with E-state index < -0.39 is 17.8 Å². The van der Waals surface area contributed by atoms with Crippen LogP contribution in [0.4, 0.5) is 23.7 Å². The maximum atomic E-state index is 13.7. The molecule has 4 heterocycles. The minimum absolute atomic E-state index is 0.0718. The fourth-order valence-corrected chi connectivity index (χ4v) is 5.02. The molecule has 0 atom stereocenters. The number of allylic oxidation sites excluding steroid dienone is 1. The average Bonchev–Trinajstić information content (AvgIpc) is 3.54. The van der Waals surface area contributed by atoms with Crippen LogP contribution in [0.15, 0.2) is 43.2 Å². The molecule has 2 saturated heterocycles. The summed E-state index contributed by atoms with van der Waals surface area (Å²) >= 11 is 0. The summed E-state index contributed by atoms with van der Waals surface area (Å²) < 4.78 is 43.4. The standard InChI is InChI=1S/C28H32F3N9O3/c1-4-7-40-16-21(23(36-40)28(29,30)31)22-15-33-24(37(22)3)25(41)34-18-5-6-20(17(2)12-18)26(42)38-8-10-39(11-9-38)27(43)35-19-13-32-14-19/h4-6,12,15-16,19,32H,1,7-11,13-14H2,2-3H3,(H,34,41)(H,35,43). The van der Waals surface area contributed by atoms with Crippen LogP contribution in [0.1, 0.15) is 32.2 Å². The molecule has 2 aliphatic rings. The summed E-state index contributed by atoms with van der Waals surface area (Å²) in [4.78, 5) is 46.1. The van der Waals surface area contributed by atoms with Crippen molar-refractivity contribution in [2.75, 3.05) is 44.6 Å². The normalized spacial score (nSPS) is 15.7. The van der Waals surface area contributed by atoms with Crippen LogP contribution in [0.25, 0.3) is 11.3 Å². The number of hydrogen-bond acceptors (Lipinski definition) is 6. The molecule has 1 aromatic carbocycles. The van der Waals surface area contributed by atoms with Crippen LogP contribution in [0.5, 0.6) is 0 Å². The highest BCUT2D eigenvalue weighted by molar-refractivity contribution is 6.03. The molecule has 0 spiro atoms. The number of amides is 4. The van der Waals surface area contributed by atoms with Gasteiger partial charge in [0.1, 0.15) is 0 Å². The molecule has 15 heteroatoms. The van der Waals surface area contributed by atoms with Gasteiger partial charge in [-0.15, -0.1) is 6.58 Å². The van der Waals surface area contributed by atoms with Gasteiger partial charge in [0, 0.05) is 63.8 Å². The number of hydrogen-bond donors (Lipinski definition) is 3. The molecular weight excluding hydrogens is 567 g/mol. The number of nitrogens with zero attached hydrogens (tertiary/aromatic N) is 6. The van der Waals surface area contributed by atoms with Gasteiger partial charge in [-0.2, -0.15) is 18.3 Å². The van der Waals surface area contributed by atoms with E-state index >= 15 is 0 Å². The third-order valence-electron chi connectivity index (χ3n) is 7.49. The second-order valence-electron chi connectivity index (χ2n) is 10.5. The Kier molecular flexibility index (Phi) is 8.26. The lowest BCUT2D eigenvalue weighted by atomic mass is 10.1. The maximum Gasteiger partial charge on any atom is 0.435 e. The smallest absolute Gasteiger partial charge is 0.335 e. The number of piperazine rings is 1. The first-order chi connectivity index (χ1) is 20.5. The Labute approximate surface area is 245 Å². The molecule has 2 fully saturated rings. The van der Waals surface area contributed by atoms with Gasteiger partial charge in [0.25, 0.3) is 11.8 Å². The van der Waals surface area contributed by atoms with Crippen molar-refractivity contribution >= 4 is 23.5 Å². The van der Waals surface area contributed by atoms with Crippen molar-refractivity contribution in [2.45, 2.75) is 25.7 Å². The first-order valence-electron chi connectivity index (χ1n) is 13.7. The van der Waals surface area contributed by atoms with E-state index in [4.69, 9.17) is 0 Å². The Morgan fingerprint density at radius 3 is 2.44 bits per heavy atom. The minimum atomic E-state index is -4.71. The molecule has 43 heavy (non-hydrogen) atoms. The van der Waals surface area contributed by atoms with E-state index in [2.05, 4.69) is 32.6 Å². The van der Waals surface area contributed by atoms with E-state index in [1.807, 2.05) is 0 Å². The summed E-state index contributed by atoms with van der Waals surface area (Å²) in [5, 5.41) is 12.4. The van der Waals surface area contributed by atoms with Crippen LogP contribution < -0.4 is 16.0 Å². The summed E-state index contributed by atoms with van der Waals surface area (Å²) in [5.74, 6) is -0.913. The Morgan fingerprint density at radius 1 is 1.14 bits per heavy atom. The van der Waals surface area contributed by atoms with E-state index in [1.54, 1.807) is 34.9 Å². The molecule has 2 aromatic heterocycles. The highest BCUT2D eigenvalue weighted by atomic mass is 19.4. The van der Waals surface area contributed by atoms with Crippen LogP contribution in [0, 0.1) is 6.92 Å². The van der Waals surface area contributed by atoms with E-state index in [0.29, 0.717) is 43.0 Å². The second kappa shape index (κ2) is 11.9. The molecule has 3 N–H and O–H groups in total. The summed E-state index contributed by atoms with van der Waals surface area (Å²) in [6, 6.07) is 4.86. The average molecular weight is 600 g/mol. The number of carbonyl (C=O) groups is 3. The molecule has 4 amide bonds. The SMILES string of the molecule is C=CCn1cc(-c2cnc(C(=O)Nc3ccc(C(=O)N4CCN(C(=O)NC5CNC5)CC4)c(C)c3)n2C)c(C(F)(F)F)n1. The number of aryl methyl sites for hydroxylation is 1. The first-order valence-corrected chi connectivity index (χ1v) is 13.7. The van der Waals surface area contributed by atoms with Crippen LogP contribution in [0.2, 0.25) is 0 Å². The molecule has 228 valence electrons. The van der Waals surface area contributed by atoms with Crippen LogP contribution in [-0.2, 0) is 19.8 Å². The summed E-state index contributed by atoms with van der Waals surface area (Å²) in [6.07, 6.45) is -0.846. The third-order valence-corrected chi connectivity index (χ3v) is 7.49. The van der Waals surface area contributed by atoms with Crippen LogP contribution >= 0.6 is 0 Å². The van der Waals surface area contributed by atoms with Crippen molar-refractivity contribution in [1.29, 1.82) is 0 Å². The molecule has 0 bridgehead atoms. The molecule has 0 saturated carbocycles. The van der Waals surface area contributed by atoms with Gasteiger partial charge in [0.15, 0.2) is 11.5 Å². The van der Waals surface area contributed by atoms with Crippen molar-refractivity contribution in [3.8, 4) is 11.3 Å². The van der Waals surface area contributed by atoms with Crippen molar-refractivity contribution in [3.05, 3.63) is 65.9 Å². The first kappa shape index (κ1) is 29.8. The number of urea groups is 1. The van der Waals surface area contributed by atoms with Gasteiger partial charge < -0.3 is 30.3 Å². The van der Waals surface area contributed by atoms with E-state index in [0.717, 1.165) is 17.8 Å². The second-order valence-corrected chi connectivity index (χ2v) is 10.5. The fourth-order valence-electron chi connectivity index (χ4n) is 5.02. The number of benzene rings is 1. The van der Waals surface area contributed by atoms with Gasteiger partial charge in [-0.1, -0.05) is 6.08 Å². The molecule has 5 rings (SSSR count). The zero-order valence-electron chi connectivity index (χ0n) is 23.7. The van der Waals surface area contributed by atoms with Crippen molar-refractivity contribution < 1.29 is 27.6 Å². The van der Waals surface area contributed by atoms with E-state index in [9.17, 15) is 27.6 Å². The van der Waals surface area contributed by atoms with Crippen LogP contribution in [-0.4, -0.2) is 92.3 Å². The molecule has 0 radical (unpaired) electrons. The number of rotatable bonds is 7. The Balaban J connectivity index is 1.24. The number of anilines is 1.